The van der Waals surface area contributed by atoms with Crippen LogP contribution in [0.1, 0.15) is 42.2 Å². The predicted molar refractivity (Wildman–Crippen MR) is 142 cm³/mol. The van der Waals surface area contributed by atoms with Crippen LogP contribution < -0.4 is 10.2 Å². The van der Waals surface area contributed by atoms with Crippen LogP contribution in [0.2, 0.25) is 0 Å². The number of amides is 2. The summed E-state index contributed by atoms with van der Waals surface area (Å²) in [6, 6.07) is 16.2. The number of esters is 1. The van der Waals surface area contributed by atoms with Crippen molar-refractivity contribution < 1.29 is 19.1 Å². The van der Waals surface area contributed by atoms with Gasteiger partial charge in [0, 0.05) is 30.2 Å². The van der Waals surface area contributed by atoms with Gasteiger partial charge in [-0.05, 0) is 48.7 Å². The number of rotatable bonds is 10. The summed E-state index contributed by atoms with van der Waals surface area (Å²) in [5, 5.41) is 11.3. The Balaban J connectivity index is 1.79. The van der Waals surface area contributed by atoms with Crippen LogP contribution in [-0.2, 0) is 20.9 Å². The van der Waals surface area contributed by atoms with Crippen LogP contribution in [0.15, 0.2) is 73.1 Å². The van der Waals surface area contributed by atoms with Gasteiger partial charge in [0.1, 0.15) is 18.1 Å². The maximum Gasteiger partial charge on any atom is 0.337 e. The van der Waals surface area contributed by atoms with Crippen LogP contribution in [0.4, 0.5) is 5.69 Å². The molecule has 0 bridgehead atoms. The third kappa shape index (κ3) is 6.03. The molecule has 0 fully saturated rings. The summed E-state index contributed by atoms with van der Waals surface area (Å²) in [6.45, 7) is 4.41. The number of ether oxygens (including phenoxy) is 1. The molecule has 196 valence electrons. The van der Waals surface area contributed by atoms with Gasteiger partial charge in [-0.1, -0.05) is 43.3 Å². The average Bonchev–Trinajstić information content (AvgIpc) is 3.34. The first-order valence-electron chi connectivity index (χ1n) is 12.4. The Morgan fingerprint density at radius 3 is 2.61 bits per heavy atom. The fourth-order valence-electron chi connectivity index (χ4n) is 4.11. The van der Waals surface area contributed by atoms with Crippen LogP contribution in [0.3, 0.4) is 0 Å². The van der Waals surface area contributed by atoms with Gasteiger partial charge in [-0.2, -0.15) is 0 Å². The maximum absolute atomic E-state index is 14.0. The third-order valence-corrected chi connectivity index (χ3v) is 6.05. The molecule has 10 nitrogen and oxygen atoms in total. The monoisotopic (exact) mass is 514 g/mol. The lowest BCUT2D eigenvalue weighted by atomic mass is 10.0. The van der Waals surface area contributed by atoms with E-state index in [9.17, 15) is 14.4 Å². The van der Waals surface area contributed by atoms with E-state index in [0.29, 0.717) is 34.7 Å². The van der Waals surface area contributed by atoms with E-state index < -0.39 is 17.9 Å². The van der Waals surface area contributed by atoms with Gasteiger partial charge in [0.25, 0.3) is 0 Å². The van der Waals surface area contributed by atoms with Crippen molar-refractivity contribution in [3.63, 3.8) is 0 Å². The van der Waals surface area contributed by atoms with Gasteiger partial charge in [-0.25, -0.2) is 9.48 Å². The van der Waals surface area contributed by atoms with Crippen LogP contribution in [-0.4, -0.2) is 51.4 Å². The van der Waals surface area contributed by atoms with Gasteiger partial charge in [-0.15, -0.1) is 5.10 Å². The highest BCUT2D eigenvalue weighted by atomic mass is 16.5. The zero-order valence-corrected chi connectivity index (χ0v) is 21.6. The minimum Gasteiger partial charge on any atom is -0.465 e. The lowest BCUT2D eigenvalue weighted by Gasteiger charge is -2.31. The molecule has 2 amide bonds. The molecule has 0 aliphatic carbocycles. The summed E-state index contributed by atoms with van der Waals surface area (Å²) in [7, 11) is 1.29. The number of aromatic nitrogens is 4. The molecule has 10 heteroatoms. The van der Waals surface area contributed by atoms with Gasteiger partial charge in [-0.3, -0.25) is 19.5 Å². The van der Waals surface area contributed by atoms with E-state index in [2.05, 4.69) is 34.5 Å². The molecule has 0 aliphatic heterocycles. The molecule has 2 aromatic carbocycles. The van der Waals surface area contributed by atoms with Gasteiger partial charge in [0.15, 0.2) is 0 Å². The van der Waals surface area contributed by atoms with Gasteiger partial charge >= 0.3 is 5.97 Å². The summed E-state index contributed by atoms with van der Waals surface area (Å²) in [5.74, 6) is -0.947. The molecule has 1 N–H and O–H groups in total. The number of carbonyl (C=O) groups excluding carboxylic acids is 3. The van der Waals surface area contributed by atoms with Gasteiger partial charge in [0.05, 0.1) is 18.2 Å². The van der Waals surface area contributed by atoms with E-state index in [1.165, 1.54) is 22.8 Å². The predicted octanol–water partition coefficient (Wildman–Crippen LogP) is 3.55. The normalized spacial score (nSPS) is 11.8. The Morgan fingerprint density at radius 1 is 1.05 bits per heavy atom. The molecule has 1 atom stereocenters. The van der Waals surface area contributed by atoms with Crippen LogP contribution >= 0.6 is 0 Å². The summed E-state index contributed by atoms with van der Waals surface area (Å²) in [5.41, 5.74) is 2.46. The number of anilines is 1. The largest absolute Gasteiger partial charge is 0.465 e. The standard InChI is InChI=1S/C28H30N6O4/c1-19(2)13-15-30-27(36)26(21-9-7-14-29-17-21)34(22-10-6-8-20(16-22)28(37)38-3)25(35)18-33-24-12-5-4-11-23(24)31-32-33/h4-12,14,16-17,19,26H,13,15,18H2,1-3H3,(H,30,36)/t26-/m1/s1. The van der Waals surface area contributed by atoms with E-state index in [1.54, 1.807) is 42.7 Å². The molecular formula is C28H30N6O4. The van der Waals surface area contributed by atoms with Crippen molar-refractivity contribution >= 4 is 34.5 Å². The number of benzene rings is 2. The van der Waals surface area contributed by atoms with Crippen molar-refractivity contribution in [1.29, 1.82) is 0 Å². The highest BCUT2D eigenvalue weighted by Gasteiger charge is 2.33. The minimum atomic E-state index is -1.05. The molecule has 0 spiro atoms. The number of methoxy groups -OCH3 is 1. The number of pyridine rings is 1. The first-order chi connectivity index (χ1) is 18.4. The zero-order valence-electron chi connectivity index (χ0n) is 21.6. The second-order valence-corrected chi connectivity index (χ2v) is 9.20. The Morgan fingerprint density at radius 2 is 1.87 bits per heavy atom. The van der Waals surface area contributed by atoms with Crippen LogP contribution in [0.25, 0.3) is 11.0 Å². The molecule has 4 rings (SSSR count). The first kappa shape index (κ1) is 26.5. The maximum atomic E-state index is 14.0. The highest BCUT2D eigenvalue weighted by molar-refractivity contribution is 6.02. The second-order valence-electron chi connectivity index (χ2n) is 9.20. The van der Waals surface area contributed by atoms with E-state index in [4.69, 9.17) is 4.74 Å². The number of nitrogens with zero attached hydrogens (tertiary/aromatic N) is 5. The number of nitrogens with one attached hydrogen (secondary N) is 1. The van der Waals surface area contributed by atoms with Gasteiger partial charge < -0.3 is 10.1 Å². The third-order valence-electron chi connectivity index (χ3n) is 6.05. The summed E-state index contributed by atoms with van der Waals surface area (Å²) in [4.78, 5) is 45.6. The summed E-state index contributed by atoms with van der Waals surface area (Å²) >= 11 is 0. The molecule has 2 heterocycles. The molecule has 2 aromatic heterocycles. The minimum absolute atomic E-state index is 0.182. The number of para-hydroxylation sites is 1. The smallest absolute Gasteiger partial charge is 0.337 e. The first-order valence-corrected chi connectivity index (χ1v) is 12.4. The van der Waals surface area contributed by atoms with Crippen molar-refractivity contribution in [2.45, 2.75) is 32.9 Å². The fourth-order valence-corrected chi connectivity index (χ4v) is 4.11. The van der Waals surface area contributed by atoms with E-state index >= 15 is 0 Å². The molecule has 0 saturated carbocycles. The summed E-state index contributed by atoms with van der Waals surface area (Å²) < 4.78 is 6.37. The van der Waals surface area contributed by atoms with Crippen molar-refractivity contribution in [2.75, 3.05) is 18.6 Å². The molecule has 0 saturated heterocycles. The number of carbonyl (C=O) groups is 3. The van der Waals surface area contributed by atoms with E-state index in [-0.39, 0.29) is 18.0 Å². The highest BCUT2D eigenvalue weighted by Crippen LogP contribution is 2.29. The van der Waals surface area contributed by atoms with Crippen molar-refractivity contribution in [3.05, 3.63) is 84.2 Å². The Labute approximate surface area is 220 Å². The number of hydrogen-bond donors (Lipinski definition) is 1. The molecule has 0 unspecified atom stereocenters. The quantitative estimate of drug-likeness (QED) is 0.322. The SMILES string of the molecule is COC(=O)c1cccc(N(C(=O)Cn2nnc3ccccc32)[C@@H](C(=O)NCCC(C)C)c2cccnc2)c1. The molecule has 4 aromatic rings. The van der Waals surface area contributed by atoms with E-state index in [0.717, 1.165) is 6.42 Å². The molecule has 38 heavy (non-hydrogen) atoms. The van der Waals surface area contributed by atoms with Crippen LogP contribution in [0.5, 0.6) is 0 Å². The second kappa shape index (κ2) is 12.1. The van der Waals surface area contributed by atoms with Crippen molar-refractivity contribution in [2.24, 2.45) is 5.92 Å². The lowest BCUT2D eigenvalue weighted by molar-refractivity contribution is -0.127. The zero-order chi connectivity index (χ0) is 27.1. The fraction of sp³-hybridized carbons (Fsp3) is 0.286. The van der Waals surface area contributed by atoms with E-state index in [1.807, 2.05) is 24.3 Å². The summed E-state index contributed by atoms with van der Waals surface area (Å²) in [6.07, 6.45) is 3.94. The number of fused-ring (bicyclic) bond motifs is 1. The Bertz CT molecular complexity index is 1420. The van der Waals surface area contributed by atoms with Crippen molar-refractivity contribution in [3.8, 4) is 0 Å². The topological polar surface area (TPSA) is 119 Å². The van der Waals surface area contributed by atoms with Crippen LogP contribution in [0, 0.1) is 5.92 Å². The Hall–Kier alpha value is -4.60. The van der Waals surface area contributed by atoms with Crippen molar-refractivity contribution in [1.82, 2.24) is 25.3 Å². The average molecular weight is 515 g/mol. The Kier molecular flexibility index (Phi) is 8.42. The number of hydrogen-bond acceptors (Lipinski definition) is 7. The molecule has 0 radical (unpaired) electrons. The lowest BCUT2D eigenvalue weighted by Crippen LogP contribution is -2.45. The molecule has 0 aliphatic rings. The molecular weight excluding hydrogens is 484 g/mol. The van der Waals surface area contributed by atoms with Gasteiger partial charge in [0.2, 0.25) is 11.8 Å².